The number of benzene rings is 4. The highest BCUT2D eigenvalue weighted by atomic mass is 32.2. The Morgan fingerprint density at radius 3 is 2.54 bits per heavy atom. The summed E-state index contributed by atoms with van der Waals surface area (Å²) >= 11 is 0. The van der Waals surface area contributed by atoms with E-state index in [-0.39, 0.29) is 54.6 Å². The zero-order valence-corrected chi connectivity index (χ0v) is 26.6. The van der Waals surface area contributed by atoms with Crippen molar-refractivity contribution in [1.29, 1.82) is 0 Å². The molecule has 0 saturated heterocycles. The second-order valence-corrected chi connectivity index (χ2v) is 13.3. The molecule has 3 amide bonds. The van der Waals surface area contributed by atoms with Crippen LogP contribution >= 0.6 is 0 Å². The van der Waals surface area contributed by atoms with Crippen LogP contribution in [-0.4, -0.2) is 74.2 Å². The second-order valence-electron chi connectivity index (χ2n) is 11.6. The van der Waals surface area contributed by atoms with Crippen molar-refractivity contribution in [3.05, 3.63) is 96.3 Å². The summed E-state index contributed by atoms with van der Waals surface area (Å²) in [5.41, 5.74) is 1.30. The largest absolute Gasteiger partial charge is 0.488 e. The van der Waals surface area contributed by atoms with Crippen LogP contribution in [-0.2, 0) is 21.2 Å². The molecule has 5 rings (SSSR count). The van der Waals surface area contributed by atoms with E-state index in [0.29, 0.717) is 17.0 Å². The number of carbonyl (C=O) groups is 2. The maximum Gasteiger partial charge on any atom is 0.321 e. The smallest absolute Gasteiger partial charge is 0.321 e. The quantitative estimate of drug-likeness (QED) is 0.244. The molecule has 4 aromatic rings. The summed E-state index contributed by atoms with van der Waals surface area (Å²) in [6.07, 6.45) is -0.675. The maximum atomic E-state index is 13.5. The van der Waals surface area contributed by atoms with Crippen LogP contribution in [0.1, 0.15) is 19.4 Å². The van der Waals surface area contributed by atoms with Crippen LogP contribution in [0.25, 0.3) is 10.8 Å². The SMILES string of the molecule is C[C@@H]1CN([C@@H](C)CO)C(=O)Cc2cc(NS(=O)(=O)c3ccc(F)cc3)ccc2O[C@H]1CN(C)C(=O)Nc1cccc2ccccc12. The number of urea groups is 1. The Labute approximate surface area is 267 Å². The molecule has 0 fully saturated rings. The molecule has 10 nitrogen and oxygen atoms in total. The van der Waals surface area contributed by atoms with E-state index in [2.05, 4.69) is 10.0 Å². The molecule has 0 aliphatic carbocycles. The lowest BCUT2D eigenvalue weighted by molar-refractivity contribution is -0.134. The van der Waals surface area contributed by atoms with E-state index in [0.717, 1.165) is 35.0 Å². The lowest BCUT2D eigenvalue weighted by Gasteiger charge is -2.34. The van der Waals surface area contributed by atoms with Crippen LogP contribution in [0.4, 0.5) is 20.6 Å². The topological polar surface area (TPSA) is 128 Å². The molecule has 1 aliphatic heterocycles. The van der Waals surface area contributed by atoms with Crippen LogP contribution in [0.15, 0.2) is 89.8 Å². The summed E-state index contributed by atoms with van der Waals surface area (Å²) < 4.78 is 48.3. The third-order valence-corrected chi connectivity index (χ3v) is 9.52. The fourth-order valence-electron chi connectivity index (χ4n) is 5.44. The van der Waals surface area contributed by atoms with Crippen LogP contribution in [0, 0.1) is 11.7 Å². The van der Waals surface area contributed by atoms with E-state index in [1.807, 2.05) is 49.4 Å². The number of amides is 3. The number of hydrogen-bond donors (Lipinski definition) is 3. The van der Waals surface area contributed by atoms with Crippen LogP contribution in [0.2, 0.25) is 0 Å². The second kappa shape index (κ2) is 13.8. The Balaban J connectivity index is 1.41. The summed E-state index contributed by atoms with van der Waals surface area (Å²) in [6.45, 7) is 3.85. The van der Waals surface area contributed by atoms with E-state index in [1.54, 1.807) is 24.9 Å². The van der Waals surface area contributed by atoms with Crippen molar-refractivity contribution in [2.45, 2.75) is 37.3 Å². The third kappa shape index (κ3) is 7.40. The molecular formula is C34H37FN4O6S. The van der Waals surface area contributed by atoms with E-state index >= 15 is 0 Å². The Kier molecular flexibility index (Phi) is 9.78. The first-order valence-corrected chi connectivity index (χ1v) is 16.4. The molecule has 46 heavy (non-hydrogen) atoms. The lowest BCUT2D eigenvalue weighted by atomic mass is 10.0. The predicted molar refractivity (Wildman–Crippen MR) is 175 cm³/mol. The third-order valence-electron chi connectivity index (χ3n) is 8.12. The van der Waals surface area contributed by atoms with Gasteiger partial charge in [0, 0.05) is 36.1 Å². The summed E-state index contributed by atoms with van der Waals surface area (Å²) in [5, 5.41) is 14.8. The van der Waals surface area contributed by atoms with Gasteiger partial charge in [-0.25, -0.2) is 17.6 Å². The first-order valence-electron chi connectivity index (χ1n) is 14.9. The zero-order chi connectivity index (χ0) is 33.0. The fraction of sp³-hybridized carbons (Fsp3) is 0.294. The Bertz CT molecular complexity index is 1830. The van der Waals surface area contributed by atoms with E-state index in [1.165, 1.54) is 17.0 Å². The highest BCUT2D eigenvalue weighted by Crippen LogP contribution is 2.30. The van der Waals surface area contributed by atoms with Gasteiger partial charge in [0.2, 0.25) is 5.91 Å². The van der Waals surface area contributed by atoms with Crippen LogP contribution in [0.3, 0.4) is 0 Å². The number of halogens is 1. The predicted octanol–water partition coefficient (Wildman–Crippen LogP) is 5.09. The molecule has 0 bridgehead atoms. The van der Waals surface area contributed by atoms with Crippen molar-refractivity contribution < 1.29 is 32.2 Å². The average molecular weight is 649 g/mol. The fourth-order valence-corrected chi connectivity index (χ4v) is 6.49. The van der Waals surface area contributed by atoms with Crippen molar-refractivity contribution in [3.63, 3.8) is 0 Å². The van der Waals surface area contributed by atoms with E-state index < -0.39 is 28.0 Å². The number of anilines is 2. The summed E-state index contributed by atoms with van der Waals surface area (Å²) in [4.78, 5) is 29.9. The molecule has 1 aliphatic rings. The molecule has 0 spiro atoms. The van der Waals surface area contributed by atoms with Gasteiger partial charge in [0.15, 0.2) is 0 Å². The minimum absolute atomic E-state index is 0.108. The number of sulfonamides is 1. The number of rotatable bonds is 8. The van der Waals surface area contributed by atoms with Crippen molar-refractivity contribution in [3.8, 4) is 5.75 Å². The van der Waals surface area contributed by atoms with Gasteiger partial charge in [-0.05, 0) is 60.8 Å². The minimum atomic E-state index is -4.04. The molecule has 4 aromatic carbocycles. The molecule has 3 N–H and O–H groups in total. The maximum absolute atomic E-state index is 13.5. The number of likely N-dealkylation sites (N-methyl/N-ethyl adjacent to an activating group) is 1. The van der Waals surface area contributed by atoms with Gasteiger partial charge >= 0.3 is 6.03 Å². The van der Waals surface area contributed by atoms with E-state index in [4.69, 9.17) is 4.74 Å². The molecular weight excluding hydrogens is 611 g/mol. The van der Waals surface area contributed by atoms with Gasteiger partial charge < -0.3 is 25.0 Å². The molecule has 0 radical (unpaired) electrons. The van der Waals surface area contributed by atoms with Gasteiger partial charge in [-0.1, -0.05) is 43.3 Å². The number of carbonyl (C=O) groups excluding carboxylic acids is 2. The number of ether oxygens (including phenoxy) is 1. The van der Waals surface area contributed by atoms with Gasteiger partial charge in [-0.15, -0.1) is 0 Å². The van der Waals surface area contributed by atoms with Gasteiger partial charge in [-0.2, -0.15) is 0 Å². The molecule has 3 atom stereocenters. The van der Waals surface area contributed by atoms with E-state index in [9.17, 15) is 27.5 Å². The van der Waals surface area contributed by atoms with Crippen molar-refractivity contribution in [2.75, 3.05) is 36.8 Å². The number of aliphatic hydroxyl groups excluding tert-OH is 1. The first-order chi connectivity index (χ1) is 21.9. The van der Waals surface area contributed by atoms with Gasteiger partial charge in [-0.3, -0.25) is 9.52 Å². The standard InChI is InChI=1S/C34H37FN4O6S/c1-22-19-39(23(2)21-40)33(41)18-25-17-27(37-46(43,44)28-14-11-26(35)12-15-28)13-16-31(25)45-32(22)20-38(3)34(42)36-30-10-6-8-24-7-4-5-9-29(24)30/h4-17,22-23,32,37,40H,18-21H2,1-3H3,(H,36,42)/t22-,23+,32+/m1/s1. The highest BCUT2D eigenvalue weighted by Gasteiger charge is 2.32. The monoisotopic (exact) mass is 648 g/mol. The Hall–Kier alpha value is -4.68. The number of nitrogens with one attached hydrogen (secondary N) is 2. The lowest BCUT2D eigenvalue weighted by Crippen LogP contribution is -2.48. The number of fused-ring (bicyclic) bond motifs is 2. The first kappa shape index (κ1) is 32.7. The number of hydrogen-bond acceptors (Lipinski definition) is 6. The minimum Gasteiger partial charge on any atom is -0.488 e. The molecule has 12 heteroatoms. The molecule has 242 valence electrons. The van der Waals surface area contributed by atoms with Gasteiger partial charge in [0.25, 0.3) is 10.0 Å². The van der Waals surface area contributed by atoms with Crippen molar-refractivity contribution >= 4 is 44.1 Å². The number of nitrogens with zero attached hydrogens (tertiary/aromatic N) is 2. The number of aliphatic hydroxyl groups is 1. The Morgan fingerprint density at radius 1 is 1.09 bits per heavy atom. The Morgan fingerprint density at radius 2 is 1.80 bits per heavy atom. The van der Waals surface area contributed by atoms with Gasteiger partial charge in [0.1, 0.15) is 17.7 Å². The normalized spacial score (nSPS) is 17.6. The van der Waals surface area contributed by atoms with Crippen LogP contribution in [0.5, 0.6) is 5.75 Å². The summed E-state index contributed by atoms with van der Waals surface area (Å²) in [6, 6.07) is 21.7. The van der Waals surface area contributed by atoms with Gasteiger partial charge in [0.05, 0.1) is 36.2 Å². The summed E-state index contributed by atoms with van der Waals surface area (Å²) in [7, 11) is -2.38. The van der Waals surface area contributed by atoms with Crippen molar-refractivity contribution in [1.82, 2.24) is 9.80 Å². The molecule has 0 saturated carbocycles. The molecule has 0 aromatic heterocycles. The highest BCUT2D eigenvalue weighted by molar-refractivity contribution is 7.92. The summed E-state index contributed by atoms with van der Waals surface area (Å²) in [5.74, 6) is -0.710. The zero-order valence-electron chi connectivity index (χ0n) is 25.8. The molecule has 1 heterocycles. The molecule has 0 unspecified atom stereocenters. The van der Waals surface area contributed by atoms with Crippen LogP contribution < -0.4 is 14.8 Å². The average Bonchev–Trinajstić information content (AvgIpc) is 3.08. The van der Waals surface area contributed by atoms with Crippen molar-refractivity contribution in [2.24, 2.45) is 5.92 Å².